The number of rotatable bonds is 5. The van der Waals surface area contributed by atoms with Crippen molar-refractivity contribution in [3.8, 4) is 11.5 Å². The number of para-hydroxylation sites is 1. The van der Waals surface area contributed by atoms with Crippen LogP contribution in [-0.4, -0.2) is 13.7 Å². The second kappa shape index (κ2) is 6.44. The van der Waals surface area contributed by atoms with E-state index >= 15 is 0 Å². The van der Waals surface area contributed by atoms with Gasteiger partial charge in [-0.2, -0.15) is 0 Å². The Morgan fingerprint density at radius 2 is 1.85 bits per heavy atom. The number of hydrogen-bond acceptors (Lipinski definition) is 3. The van der Waals surface area contributed by atoms with Gasteiger partial charge in [-0.1, -0.05) is 30.3 Å². The molecule has 0 bridgehead atoms. The molecule has 3 heteroatoms. The van der Waals surface area contributed by atoms with Crippen LogP contribution in [0.25, 0.3) is 0 Å². The third kappa shape index (κ3) is 2.94. The van der Waals surface area contributed by atoms with Crippen LogP contribution in [-0.2, 0) is 0 Å². The van der Waals surface area contributed by atoms with Crippen LogP contribution in [0, 0.1) is 6.92 Å². The molecule has 0 saturated heterocycles. The van der Waals surface area contributed by atoms with Gasteiger partial charge in [0.2, 0.25) is 0 Å². The monoisotopic (exact) mass is 271 g/mol. The molecule has 0 aliphatic heterocycles. The van der Waals surface area contributed by atoms with E-state index in [1.165, 1.54) is 0 Å². The Kier molecular flexibility index (Phi) is 4.64. The number of hydrogen-bond donors (Lipinski definition) is 1. The molecule has 0 amide bonds. The Hall–Kier alpha value is -2.00. The van der Waals surface area contributed by atoms with E-state index in [1.807, 2.05) is 50.2 Å². The van der Waals surface area contributed by atoms with Gasteiger partial charge in [0.25, 0.3) is 0 Å². The summed E-state index contributed by atoms with van der Waals surface area (Å²) in [6.07, 6.45) is 0. The zero-order chi connectivity index (χ0) is 14.5. The van der Waals surface area contributed by atoms with Gasteiger partial charge in [0.15, 0.2) is 0 Å². The minimum atomic E-state index is -0.206. The highest BCUT2D eigenvalue weighted by atomic mass is 16.5. The Labute approximate surface area is 120 Å². The maximum atomic E-state index is 6.39. The van der Waals surface area contributed by atoms with Crippen LogP contribution in [0.3, 0.4) is 0 Å². The zero-order valence-corrected chi connectivity index (χ0v) is 12.2. The lowest BCUT2D eigenvalue weighted by Crippen LogP contribution is -2.13. The molecule has 1 atom stereocenters. The molecule has 0 spiro atoms. The van der Waals surface area contributed by atoms with E-state index < -0.39 is 0 Å². The van der Waals surface area contributed by atoms with Crippen LogP contribution in [0.5, 0.6) is 11.5 Å². The molecule has 3 nitrogen and oxygen atoms in total. The van der Waals surface area contributed by atoms with Crippen molar-refractivity contribution in [3.05, 3.63) is 59.2 Å². The van der Waals surface area contributed by atoms with E-state index in [1.54, 1.807) is 7.11 Å². The molecule has 0 saturated carbocycles. The summed E-state index contributed by atoms with van der Waals surface area (Å²) in [7, 11) is 1.67. The van der Waals surface area contributed by atoms with Gasteiger partial charge < -0.3 is 15.2 Å². The van der Waals surface area contributed by atoms with Gasteiger partial charge in [-0.25, -0.2) is 0 Å². The molecular weight excluding hydrogens is 250 g/mol. The molecule has 0 fully saturated rings. The van der Waals surface area contributed by atoms with Gasteiger partial charge in [0, 0.05) is 5.56 Å². The van der Waals surface area contributed by atoms with Crippen molar-refractivity contribution in [2.75, 3.05) is 13.7 Å². The molecule has 0 aliphatic carbocycles. The highest BCUT2D eigenvalue weighted by molar-refractivity contribution is 5.44. The number of methoxy groups -OCH3 is 1. The van der Waals surface area contributed by atoms with Crippen LogP contribution in [0.4, 0.5) is 0 Å². The minimum absolute atomic E-state index is 0.206. The summed E-state index contributed by atoms with van der Waals surface area (Å²) in [6, 6.07) is 13.7. The lowest BCUT2D eigenvalue weighted by atomic mass is 9.97. The van der Waals surface area contributed by atoms with Gasteiger partial charge in [0.05, 0.1) is 19.8 Å². The fraction of sp³-hybridized carbons (Fsp3) is 0.294. The van der Waals surface area contributed by atoms with E-state index in [0.29, 0.717) is 6.61 Å². The lowest BCUT2D eigenvalue weighted by molar-refractivity contribution is 0.335. The molecule has 20 heavy (non-hydrogen) atoms. The predicted molar refractivity (Wildman–Crippen MR) is 81.4 cm³/mol. The lowest BCUT2D eigenvalue weighted by Gasteiger charge is -2.18. The second-order valence-corrected chi connectivity index (χ2v) is 4.68. The Morgan fingerprint density at radius 3 is 2.50 bits per heavy atom. The van der Waals surface area contributed by atoms with Crippen molar-refractivity contribution >= 4 is 0 Å². The molecule has 0 heterocycles. The SMILES string of the molecule is CCOc1ccccc1C(N)c1ccc(OC)c(C)c1. The van der Waals surface area contributed by atoms with Crippen LogP contribution in [0.2, 0.25) is 0 Å². The average Bonchev–Trinajstić information content (AvgIpc) is 2.47. The molecule has 0 aliphatic rings. The number of nitrogens with two attached hydrogens (primary N) is 1. The standard InChI is InChI=1S/C17H21NO2/c1-4-20-16-8-6-5-7-14(16)17(18)13-9-10-15(19-3)12(2)11-13/h5-11,17H,4,18H2,1-3H3. The van der Waals surface area contributed by atoms with Gasteiger partial charge in [-0.15, -0.1) is 0 Å². The third-order valence-corrected chi connectivity index (χ3v) is 3.33. The molecule has 2 N–H and O–H groups in total. The van der Waals surface area contributed by atoms with Crippen LogP contribution < -0.4 is 15.2 Å². The first-order valence-corrected chi connectivity index (χ1v) is 6.79. The van der Waals surface area contributed by atoms with E-state index in [0.717, 1.165) is 28.2 Å². The van der Waals surface area contributed by atoms with Gasteiger partial charge in [-0.3, -0.25) is 0 Å². The topological polar surface area (TPSA) is 44.5 Å². The minimum Gasteiger partial charge on any atom is -0.496 e. The summed E-state index contributed by atoms with van der Waals surface area (Å²) in [5.74, 6) is 1.72. The average molecular weight is 271 g/mol. The highest BCUT2D eigenvalue weighted by Gasteiger charge is 2.14. The molecule has 106 valence electrons. The number of aryl methyl sites for hydroxylation is 1. The summed E-state index contributed by atoms with van der Waals surface area (Å²) < 4.78 is 10.9. The zero-order valence-electron chi connectivity index (χ0n) is 12.2. The van der Waals surface area contributed by atoms with Crippen molar-refractivity contribution in [2.45, 2.75) is 19.9 Å². The third-order valence-electron chi connectivity index (χ3n) is 3.33. The molecule has 1 unspecified atom stereocenters. The van der Waals surface area contributed by atoms with E-state index in [9.17, 15) is 0 Å². The first kappa shape index (κ1) is 14.4. The van der Waals surface area contributed by atoms with Crippen molar-refractivity contribution < 1.29 is 9.47 Å². The Morgan fingerprint density at radius 1 is 1.10 bits per heavy atom. The van der Waals surface area contributed by atoms with Gasteiger partial charge in [-0.05, 0) is 37.1 Å². The molecule has 2 aromatic carbocycles. The molecular formula is C17H21NO2. The Balaban J connectivity index is 2.36. The quantitative estimate of drug-likeness (QED) is 0.906. The Bertz CT molecular complexity index is 581. The fourth-order valence-electron chi connectivity index (χ4n) is 2.30. The predicted octanol–water partition coefficient (Wildman–Crippen LogP) is 3.45. The highest BCUT2D eigenvalue weighted by Crippen LogP contribution is 2.30. The normalized spacial score (nSPS) is 12.0. The summed E-state index contributed by atoms with van der Waals surface area (Å²) in [4.78, 5) is 0. The second-order valence-electron chi connectivity index (χ2n) is 4.68. The number of ether oxygens (including phenoxy) is 2. The van der Waals surface area contributed by atoms with Crippen LogP contribution >= 0.6 is 0 Å². The summed E-state index contributed by atoms with van der Waals surface area (Å²) in [5.41, 5.74) is 9.52. The van der Waals surface area contributed by atoms with Crippen molar-refractivity contribution in [1.29, 1.82) is 0 Å². The smallest absolute Gasteiger partial charge is 0.124 e. The summed E-state index contributed by atoms with van der Waals surface area (Å²) in [5, 5.41) is 0. The van der Waals surface area contributed by atoms with Gasteiger partial charge in [0.1, 0.15) is 11.5 Å². The fourth-order valence-corrected chi connectivity index (χ4v) is 2.30. The first-order chi connectivity index (χ1) is 9.67. The summed E-state index contributed by atoms with van der Waals surface area (Å²) in [6.45, 7) is 4.62. The summed E-state index contributed by atoms with van der Waals surface area (Å²) >= 11 is 0. The van der Waals surface area contributed by atoms with E-state index in [4.69, 9.17) is 15.2 Å². The van der Waals surface area contributed by atoms with E-state index in [2.05, 4.69) is 6.07 Å². The number of benzene rings is 2. The molecule has 0 radical (unpaired) electrons. The molecule has 2 rings (SSSR count). The van der Waals surface area contributed by atoms with E-state index in [-0.39, 0.29) is 6.04 Å². The molecule has 0 aromatic heterocycles. The maximum Gasteiger partial charge on any atom is 0.124 e. The largest absolute Gasteiger partial charge is 0.496 e. The van der Waals surface area contributed by atoms with Crippen LogP contribution in [0.15, 0.2) is 42.5 Å². The van der Waals surface area contributed by atoms with Crippen molar-refractivity contribution in [3.63, 3.8) is 0 Å². The van der Waals surface area contributed by atoms with Crippen molar-refractivity contribution in [2.24, 2.45) is 5.73 Å². The maximum absolute atomic E-state index is 6.39. The molecule has 2 aromatic rings. The van der Waals surface area contributed by atoms with Gasteiger partial charge >= 0.3 is 0 Å². The van der Waals surface area contributed by atoms with Crippen LogP contribution in [0.1, 0.15) is 29.7 Å². The first-order valence-electron chi connectivity index (χ1n) is 6.79. The van der Waals surface area contributed by atoms with Crippen molar-refractivity contribution in [1.82, 2.24) is 0 Å².